The Hall–Kier alpha value is -0.980. The van der Waals surface area contributed by atoms with Gasteiger partial charge in [0, 0.05) is 12.6 Å². The number of hydrogen-bond acceptors (Lipinski definition) is 2. The Labute approximate surface area is 127 Å². The Morgan fingerprint density at radius 3 is 3.00 bits per heavy atom. The van der Waals surface area contributed by atoms with Gasteiger partial charge in [0.05, 0.1) is 15.5 Å². The van der Waals surface area contributed by atoms with Gasteiger partial charge in [-0.15, -0.1) is 0 Å². The molecule has 0 saturated heterocycles. The van der Waals surface area contributed by atoms with Gasteiger partial charge >= 0.3 is 0 Å². The zero-order valence-corrected chi connectivity index (χ0v) is 13.0. The van der Waals surface area contributed by atoms with Gasteiger partial charge in [-0.1, -0.05) is 0 Å². The molecule has 0 fully saturated rings. The van der Waals surface area contributed by atoms with Crippen LogP contribution < -0.4 is 0 Å². The highest BCUT2D eigenvalue weighted by molar-refractivity contribution is 9.10. The average molecular weight is 357 g/mol. The first-order chi connectivity index (χ1) is 9.15. The molecule has 0 aliphatic carbocycles. The third kappa shape index (κ3) is 2.52. The van der Waals surface area contributed by atoms with E-state index < -0.39 is 0 Å². The van der Waals surface area contributed by atoms with Gasteiger partial charge in [-0.3, -0.25) is 0 Å². The number of H-pyrrole nitrogens is 1. The Balaban J connectivity index is 2.00. The second-order valence-corrected chi connectivity index (χ2v) is 6.27. The number of nitrogens with one attached hydrogen (secondary N) is 1. The van der Waals surface area contributed by atoms with Crippen LogP contribution >= 0.6 is 39.5 Å². The van der Waals surface area contributed by atoms with Crippen molar-refractivity contribution >= 4 is 50.5 Å². The van der Waals surface area contributed by atoms with Crippen LogP contribution in [0.4, 0.5) is 4.39 Å². The second kappa shape index (κ2) is 5.19. The Kier molecular flexibility index (Phi) is 3.56. The summed E-state index contributed by atoms with van der Waals surface area (Å²) in [5.41, 5.74) is 2.95. The van der Waals surface area contributed by atoms with Crippen molar-refractivity contribution in [3.05, 3.63) is 49.6 Å². The van der Waals surface area contributed by atoms with Crippen LogP contribution in [0.25, 0.3) is 11.0 Å². The van der Waals surface area contributed by atoms with E-state index in [4.69, 9.17) is 12.2 Å². The Morgan fingerprint density at radius 2 is 2.26 bits per heavy atom. The molecular formula is C13H10BrFN2S2. The molecule has 0 atom stereocenters. The van der Waals surface area contributed by atoms with Crippen molar-refractivity contribution in [3.63, 3.8) is 0 Å². The lowest BCUT2D eigenvalue weighted by atomic mass is 10.2. The highest BCUT2D eigenvalue weighted by atomic mass is 79.9. The molecule has 2 heterocycles. The number of imidazole rings is 1. The number of aromatic nitrogens is 2. The maximum absolute atomic E-state index is 13.5. The second-order valence-electron chi connectivity index (χ2n) is 4.25. The molecule has 19 heavy (non-hydrogen) atoms. The molecule has 2 nitrogen and oxygen atoms in total. The van der Waals surface area contributed by atoms with Gasteiger partial charge in [-0.25, -0.2) is 4.39 Å². The van der Waals surface area contributed by atoms with Crippen molar-refractivity contribution in [2.24, 2.45) is 0 Å². The number of hydrogen-bond donors (Lipinski definition) is 1. The fraction of sp³-hybridized carbons (Fsp3) is 0.154. The molecule has 0 bridgehead atoms. The molecule has 6 heteroatoms. The van der Waals surface area contributed by atoms with E-state index in [0.29, 0.717) is 9.24 Å². The van der Waals surface area contributed by atoms with Crippen LogP contribution in [0.3, 0.4) is 0 Å². The molecule has 3 aromatic rings. The summed E-state index contributed by atoms with van der Waals surface area (Å²) in [6.45, 7) is 0.785. The lowest BCUT2D eigenvalue weighted by Gasteiger charge is -2.04. The minimum atomic E-state index is -0.284. The molecule has 0 radical (unpaired) electrons. The molecule has 0 amide bonds. The lowest BCUT2D eigenvalue weighted by Crippen LogP contribution is -2.00. The fourth-order valence-electron chi connectivity index (χ4n) is 2.05. The smallest absolute Gasteiger partial charge is 0.178 e. The molecule has 0 aliphatic heterocycles. The van der Waals surface area contributed by atoms with Gasteiger partial charge in [-0.05, 0) is 63.0 Å². The van der Waals surface area contributed by atoms with Gasteiger partial charge in [0.25, 0.3) is 0 Å². The Bertz CT molecular complexity index is 774. The Morgan fingerprint density at radius 1 is 1.42 bits per heavy atom. The van der Waals surface area contributed by atoms with Crippen molar-refractivity contribution < 1.29 is 4.39 Å². The largest absolute Gasteiger partial charge is 0.330 e. The normalized spacial score (nSPS) is 11.3. The zero-order chi connectivity index (χ0) is 13.4. The zero-order valence-electron chi connectivity index (χ0n) is 9.82. The van der Waals surface area contributed by atoms with Crippen molar-refractivity contribution in [2.75, 3.05) is 0 Å². The highest BCUT2D eigenvalue weighted by Crippen LogP contribution is 2.23. The summed E-state index contributed by atoms with van der Waals surface area (Å²) < 4.78 is 16.6. The summed E-state index contributed by atoms with van der Waals surface area (Å²) >= 11 is 10.2. The molecule has 0 saturated carbocycles. The summed E-state index contributed by atoms with van der Waals surface area (Å²) in [4.78, 5) is 3.04. The van der Waals surface area contributed by atoms with Gasteiger partial charge in [0.2, 0.25) is 0 Å². The van der Waals surface area contributed by atoms with E-state index in [-0.39, 0.29) is 5.82 Å². The third-order valence-corrected chi connectivity index (χ3v) is 4.68. The summed E-state index contributed by atoms with van der Waals surface area (Å²) in [6, 6.07) is 5.35. The van der Waals surface area contributed by atoms with Crippen molar-refractivity contribution in [1.29, 1.82) is 0 Å². The lowest BCUT2D eigenvalue weighted by molar-refractivity contribution is 0.622. The maximum Gasteiger partial charge on any atom is 0.178 e. The summed E-state index contributed by atoms with van der Waals surface area (Å²) in [5.74, 6) is -0.284. The minimum Gasteiger partial charge on any atom is -0.330 e. The number of thiophene rings is 1. The first-order valence-electron chi connectivity index (χ1n) is 5.74. The molecule has 3 rings (SSSR count). The number of aryl methyl sites for hydroxylation is 2. The number of rotatable bonds is 3. The first kappa shape index (κ1) is 13.0. The summed E-state index contributed by atoms with van der Waals surface area (Å²) in [7, 11) is 0. The number of benzene rings is 1. The van der Waals surface area contributed by atoms with Crippen molar-refractivity contribution in [2.45, 2.75) is 13.0 Å². The summed E-state index contributed by atoms with van der Waals surface area (Å²) in [6.07, 6.45) is 0.916. The quantitative estimate of drug-likeness (QED) is 0.661. The first-order valence-corrected chi connectivity index (χ1v) is 7.88. The molecule has 98 valence electrons. The van der Waals surface area contributed by atoms with Crippen molar-refractivity contribution in [1.82, 2.24) is 9.55 Å². The van der Waals surface area contributed by atoms with E-state index in [1.807, 2.05) is 4.57 Å². The van der Waals surface area contributed by atoms with Gasteiger partial charge < -0.3 is 9.55 Å². The fourth-order valence-corrected chi connectivity index (χ4v) is 3.38. The molecule has 2 aromatic heterocycles. The van der Waals surface area contributed by atoms with Crippen LogP contribution in [-0.2, 0) is 13.0 Å². The third-order valence-electron chi connectivity index (χ3n) is 3.02. The van der Waals surface area contributed by atoms with Crippen LogP contribution in [0.15, 0.2) is 33.4 Å². The van der Waals surface area contributed by atoms with Gasteiger partial charge in [0.15, 0.2) is 4.77 Å². The van der Waals surface area contributed by atoms with E-state index in [1.165, 1.54) is 11.6 Å². The molecule has 0 spiro atoms. The van der Waals surface area contributed by atoms with Crippen LogP contribution in [0.1, 0.15) is 5.56 Å². The molecule has 1 N–H and O–H groups in total. The number of nitrogens with zero attached hydrogens (tertiary/aromatic N) is 1. The predicted molar refractivity (Wildman–Crippen MR) is 82.8 cm³/mol. The topological polar surface area (TPSA) is 20.7 Å². The SMILES string of the molecule is Fc1cc2[nH]c(=S)n(CCc3ccsc3)c2cc1Br. The van der Waals surface area contributed by atoms with Gasteiger partial charge in [0.1, 0.15) is 5.82 Å². The monoisotopic (exact) mass is 356 g/mol. The van der Waals surface area contributed by atoms with E-state index in [0.717, 1.165) is 24.0 Å². The van der Waals surface area contributed by atoms with Crippen LogP contribution in [0.5, 0.6) is 0 Å². The van der Waals surface area contributed by atoms with Crippen LogP contribution in [0, 0.1) is 10.6 Å². The number of halogens is 2. The minimum absolute atomic E-state index is 0.284. The molecule has 0 unspecified atom stereocenters. The van der Waals surface area contributed by atoms with Crippen molar-refractivity contribution in [3.8, 4) is 0 Å². The van der Waals surface area contributed by atoms with Gasteiger partial charge in [-0.2, -0.15) is 11.3 Å². The van der Waals surface area contributed by atoms with E-state index in [2.05, 4.69) is 37.7 Å². The van der Waals surface area contributed by atoms with Crippen LogP contribution in [-0.4, -0.2) is 9.55 Å². The van der Waals surface area contributed by atoms with E-state index in [1.54, 1.807) is 17.4 Å². The maximum atomic E-state index is 13.5. The molecule has 1 aromatic carbocycles. The number of aromatic amines is 1. The number of fused-ring (bicyclic) bond motifs is 1. The van der Waals surface area contributed by atoms with E-state index in [9.17, 15) is 4.39 Å². The predicted octanol–water partition coefficient (Wildman–Crippen LogP) is 4.90. The average Bonchev–Trinajstić information content (AvgIpc) is 2.96. The van der Waals surface area contributed by atoms with E-state index >= 15 is 0 Å². The highest BCUT2D eigenvalue weighted by Gasteiger charge is 2.08. The standard InChI is InChI=1S/C13H10BrFN2S2/c14-9-5-12-11(6-10(9)15)16-13(18)17(12)3-1-8-2-4-19-7-8/h2,4-7H,1,3H2,(H,16,18). The molecular weight excluding hydrogens is 347 g/mol. The molecule has 0 aliphatic rings. The van der Waals surface area contributed by atoms with Crippen LogP contribution in [0.2, 0.25) is 0 Å². The summed E-state index contributed by atoms with van der Waals surface area (Å²) in [5, 5.41) is 4.20.